The van der Waals surface area contributed by atoms with Gasteiger partial charge in [-0.05, 0) is 0 Å². The molecule has 7 heteroatoms. The molecule has 0 spiro atoms. The Kier molecular flexibility index (Phi) is 4.73. The van der Waals surface area contributed by atoms with Crippen LogP contribution in [0, 0.1) is 28.2 Å². The first-order chi connectivity index (χ1) is 6.79. The van der Waals surface area contributed by atoms with Gasteiger partial charge in [-0.3, -0.25) is 0 Å². The first kappa shape index (κ1) is 11.8. The molecule has 3 saturated heterocycles. The van der Waals surface area contributed by atoms with E-state index in [0.717, 1.165) is 0 Å². The Balaban J connectivity index is 1.78. The molecule has 3 rings (SSSR count). The molecule has 0 aromatic rings. The van der Waals surface area contributed by atoms with Crippen molar-refractivity contribution in [3.63, 3.8) is 0 Å². The number of rotatable bonds is 2. The van der Waals surface area contributed by atoms with Crippen molar-refractivity contribution in [2.24, 2.45) is 0 Å². The Hall–Kier alpha value is 1.35. The summed E-state index contributed by atoms with van der Waals surface area (Å²) in [6.07, 6.45) is -0.217. The molecule has 5 nitrogen and oxygen atoms in total. The Labute approximate surface area is 115 Å². The summed E-state index contributed by atoms with van der Waals surface area (Å²) in [6.45, 7) is 3.67. The average molecular weight is 498 g/mol. The van der Waals surface area contributed by atoms with Crippen molar-refractivity contribution in [2.45, 2.75) is 3.08 Å². The van der Waals surface area contributed by atoms with Gasteiger partial charge in [-0.15, -0.1) is 0 Å². The van der Waals surface area contributed by atoms with Crippen LogP contribution >= 0.6 is 0 Å². The fourth-order valence-electron chi connectivity index (χ4n) is 1.74. The molecule has 3 atom stereocenters. The zero-order valence-electron chi connectivity index (χ0n) is 8.19. The molecule has 0 aliphatic carbocycles. The predicted octanol–water partition coefficient (Wildman–Crippen LogP) is -0.745. The van der Waals surface area contributed by atoms with Crippen LogP contribution in [0.3, 0.4) is 0 Å². The van der Waals surface area contributed by atoms with Gasteiger partial charge in [-0.1, -0.05) is 0 Å². The summed E-state index contributed by atoms with van der Waals surface area (Å²) in [5.41, 5.74) is 0. The van der Waals surface area contributed by atoms with Gasteiger partial charge in [0.2, 0.25) is 0 Å². The van der Waals surface area contributed by atoms with Gasteiger partial charge in [0.1, 0.15) is 0 Å². The van der Waals surface area contributed by atoms with Gasteiger partial charge in [-0.25, -0.2) is 0 Å². The topological polar surface area (TPSA) is 44.8 Å². The number of amides is 1. The molecule has 0 radical (unpaired) electrons. The number of fused-ring (bicyclic) bond motifs is 3. The molecular formula is C7H13N3O2UY. The van der Waals surface area contributed by atoms with Gasteiger partial charge < -0.3 is 0 Å². The van der Waals surface area contributed by atoms with Crippen LogP contribution in [-0.4, -0.2) is 46.1 Å². The predicted molar refractivity (Wildman–Crippen MR) is 42.5 cm³/mol. The van der Waals surface area contributed by atoms with Crippen molar-refractivity contribution in [2.75, 3.05) is 30.0 Å². The van der Waals surface area contributed by atoms with E-state index in [2.05, 4.69) is 12.2 Å². The van der Waals surface area contributed by atoms with Crippen LogP contribution in [0.2, 0.25) is 0 Å². The normalized spacial score (nSPS) is 33.6. The summed E-state index contributed by atoms with van der Waals surface area (Å²) in [6, 6.07) is 0. The fraction of sp³-hybridized carbons (Fsp3) is 0.857. The first-order valence-corrected chi connectivity index (χ1v) is 12.1. The van der Waals surface area contributed by atoms with Crippen LogP contribution in [0.1, 0.15) is 0 Å². The second-order valence-electron chi connectivity index (χ2n) is 3.45. The van der Waals surface area contributed by atoms with Crippen LogP contribution in [0.15, 0.2) is 0 Å². The molecule has 1 amide bonds. The Morgan fingerprint density at radius 2 is 2.50 bits per heavy atom. The van der Waals surface area contributed by atoms with Crippen molar-refractivity contribution >= 4 is 6.09 Å². The van der Waals surface area contributed by atoms with Gasteiger partial charge >= 0.3 is 116 Å². The van der Waals surface area contributed by atoms with E-state index in [1.54, 1.807) is 7.05 Å². The molecule has 0 saturated carbocycles. The van der Waals surface area contributed by atoms with E-state index in [1.165, 1.54) is 23.0 Å². The molecule has 3 unspecified atom stereocenters. The summed E-state index contributed by atoms with van der Waals surface area (Å²) in [7, 11) is 1.63. The van der Waals surface area contributed by atoms with E-state index < -0.39 is 57.8 Å². The molecule has 75 valence electrons. The van der Waals surface area contributed by atoms with E-state index in [4.69, 9.17) is 2.24 Å². The standard InChI is InChI=1S/C5H9N2.C2H5NO2.U.Y/c1-7-4-2-6-3-5-7;1-3-2(4)5;;/h2H,1,3-5H2;3H,1H3,(H,4,5);;/q-1;;2*+1/p-1. The summed E-state index contributed by atoms with van der Waals surface area (Å²) < 4.78 is 10.1. The van der Waals surface area contributed by atoms with Crippen LogP contribution in [0.25, 0.3) is 0 Å². The van der Waals surface area contributed by atoms with Crippen LogP contribution < -0.4 is 5.32 Å². The van der Waals surface area contributed by atoms with Gasteiger partial charge in [0, 0.05) is 0 Å². The molecule has 3 fully saturated rings. The second kappa shape index (κ2) is 5.61. The second-order valence-corrected chi connectivity index (χ2v) is 11.5. The first-order valence-electron chi connectivity index (χ1n) is 4.75. The van der Waals surface area contributed by atoms with Gasteiger partial charge in [0.25, 0.3) is 0 Å². The van der Waals surface area contributed by atoms with E-state index >= 15 is 0 Å². The van der Waals surface area contributed by atoms with Crippen molar-refractivity contribution in [1.82, 2.24) is 12.2 Å². The zero-order valence-corrected chi connectivity index (χ0v) is 15.2. The van der Waals surface area contributed by atoms with Crippen LogP contribution in [0.5, 0.6) is 0 Å². The molecule has 2 bridgehead atoms. The number of nitrogens with zero attached hydrogens (tertiary/aromatic N) is 2. The monoisotopic (exact) mass is 498 g/mol. The Bertz CT molecular complexity index is 223. The third kappa shape index (κ3) is 2.93. The molecule has 0 aromatic carbocycles. The maximum atomic E-state index is 11.0. The third-order valence-electron chi connectivity index (χ3n) is 2.57. The molecule has 3 aliphatic heterocycles. The van der Waals surface area contributed by atoms with E-state index in [1.807, 2.05) is 0 Å². The molecule has 0 aromatic heterocycles. The average Bonchev–Trinajstić information content (AvgIpc) is 2.27. The quantitative estimate of drug-likeness (QED) is 0.545. The van der Waals surface area contributed by atoms with Crippen molar-refractivity contribution in [3.05, 3.63) is 0 Å². The van der Waals surface area contributed by atoms with Gasteiger partial charge in [-0.2, -0.15) is 0 Å². The van der Waals surface area contributed by atoms with E-state index in [-0.39, 0.29) is 6.09 Å². The Morgan fingerprint density at radius 1 is 1.64 bits per heavy atom. The van der Waals surface area contributed by atoms with Crippen molar-refractivity contribution in [1.29, 1.82) is 0 Å². The number of hydrogen-bond donors (Lipinski definition) is 1. The minimum absolute atomic E-state index is 0.217. The summed E-state index contributed by atoms with van der Waals surface area (Å²) >= 11 is -1.80. The van der Waals surface area contributed by atoms with Gasteiger partial charge in [0.15, 0.2) is 0 Å². The van der Waals surface area contributed by atoms with E-state index in [0.29, 0.717) is 3.08 Å². The summed E-state index contributed by atoms with van der Waals surface area (Å²) in [4.78, 5) is 13.5. The van der Waals surface area contributed by atoms with Crippen molar-refractivity contribution < 1.29 is 64.8 Å². The molecule has 1 N–H and O–H groups in total. The fourth-order valence-corrected chi connectivity index (χ4v) is 13.1. The number of carbonyl (C=O) groups is 1. The Morgan fingerprint density at radius 3 is 3.00 bits per heavy atom. The maximum absolute atomic E-state index is 11.0. The van der Waals surface area contributed by atoms with Gasteiger partial charge in [0.05, 0.1) is 0 Å². The van der Waals surface area contributed by atoms with Crippen molar-refractivity contribution in [3.8, 4) is 0 Å². The van der Waals surface area contributed by atoms with Crippen LogP contribution in [0.4, 0.5) is 4.79 Å². The third-order valence-corrected chi connectivity index (χ3v) is 14.5. The molecule has 3 heterocycles. The number of nitrogens with one attached hydrogen (secondary N) is 1. The zero-order chi connectivity index (χ0) is 9.97. The summed E-state index contributed by atoms with van der Waals surface area (Å²) in [5, 5.41) is 2.52. The van der Waals surface area contributed by atoms with E-state index in [9.17, 15) is 4.79 Å². The molecular weight excluding hydrogens is 485 g/mol. The van der Waals surface area contributed by atoms with Crippen LogP contribution in [-0.2, 0) is 31.8 Å². The SMILES string of the molecule is CNC(=O)[O][U][CH]1CN2CC[N]1[Y][CH2]2. The number of carbonyl (C=O) groups excluding carboxylic acids is 1. The number of hydrogen-bond acceptors (Lipinski definition) is 4. The number of piperazine rings is 1. The molecule has 14 heavy (non-hydrogen) atoms. The molecule has 3 aliphatic rings. The minimum atomic E-state index is -1.34. The summed E-state index contributed by atoms with van der Waals surface area (Å²) in [5.74, 6) is 0.